The van der Waals surface area contributed by atoms with Gasteiger partial charge in [0.25, 0.3) is 0 Å². The third kappa shape index (κ3) is 3.21. The zero-order chi connectivity index (χ0) is 37.9. The zero-order valence-electron chi connectivity index (χ0n) is 32.5. The summed E-state index contributed by atoms with van der Waals surface area (Å²) in [6.07, 6.45) is 2.42. The fourth-order valence-electron chi connectivity index (χ4n) is 11.7. The van der Waals surface area contributed by atoms with Crippen molar-refractivity contribution in [3.05, 3.63) is 162 Å². The normalized spacial score (nSPS) is 17.6. The largest absolute Gasteiger partial charge is 0.499 e. The molecule has 0 radical (unpaired) electrons. The summed E-state index contributed by atoms with van der Waals surface area (Å²) < 4.78 is 17.8. The lowest BCUT2D eigenvalue weighted by molar-refractivity contribution is -0.997. The van der Waals surface area contributed by atoms with E-state index in [-0.39, 0.29) is 10.8 Å². The number of imidazole rings is 1. The second-order valence-electron chi connectivity index (χ2n) is 18.1. The molecule has 4 aromatic heterocycles. The molecule has 1 spiro atoms. The quantitative estimate of drug-likeness (QED) is 0.154. The molecule has 7 heterocycles. The molecule has 4 aliphatic rings. The highest BCUT2D eigenvalue weighted by Gasteiger charge is 2.68. The molecule has 1 unspecified atom stereocenters. The standard InChI is InChI=1S/C52H38N4O/c1-50(2,3)38-23-9-10-24-39(38)54-40-25-14-19-30-29-17-12-20-33-41-27-42-36(28-53(41)52(45(29)33)56(47(30)40)49(54)34-16-7-11-26-43(34)57-52)31-18-13-21-35-44-32-15-6-8-22-37(32)51(4,5)48(44)55(42)46(31)35/h6-28H,1-5H3/q+2. The first-order valence-corrected chi connectivity index (χ1v) is 20.2. The van der Waals surface area contributed by atoms with Crippen molar-refractivity contribution < 1.29 is 13.9 Å². The van der Waals surface area contributed by atoms with E-state index in [1.165, 1.54) is 94.1 Å². The summed E-state index contributed by atoms with van der Waals surface area (Å²) in [6, 6.07) is 49.7. The van der Waals surface area contributed by atoms with Crippen LogP contribution in [0.4, 0.5) is 0 Å². The van der Waals surface area contributed by atoms with Crippen LogP contribution in [0.2, 0.25) is 0 Å². The first-order chi connectivity index (χ1) is 27.7. The van der Waals surface area contributed by atoms with E-state index in [0.29, 0.717) is 0 Å². The molecular weight excluding hydrogens is 697 g/mol. The molecule has 6 aromatic carbocycles. The van der Waals surface area contributed by atoms with Gasteiger partial charge in [0.2, 0.25) is 5.69 Å². The van der Waals surface area contributed by atoms with Gasteiger partial charge in [0, 0.05) is 50.2 Å². The Bertz CT molecular complexity index is 3520. The lowest BCUT2D eigenvalue weighted by Crippen LogP contribution is -2.78. The van der Waals surface area contributed by atoms with E-state index in [2.05, 4.69) is 192 Å². The topological polar surface area (TPSA) is 26.3 Å². The number of hydrogen-bond acceptors (Lipinski definition) is 1. The predicted molar refractivity (Wildman–Crippen MR) is 226 cm³/mol. The summed E-state index contributed by atoms with van der Waals surface area (Å²) in [6.45, 7) is 11.7. The van der Waals surface area contributed by atoms with Crippen LogP contribution in [0.3, 0.4) is 0 Å². The number of benzene rings is 6. The minimum absolute atomic E-state index is 0.0794. The van der Waals surface area contributed by atoms with Crippen molar-refractivity contribution >= 4 is 38.2 Å². The number of para-hydroxylation sites is 4. The summed E-state index contributed by atoms with van der Waals surface area (Å²) in [7, 11) is 0. The first-order valence-electron chi connectivity index (χ1n) is 20.2. The van der Waals surface area contributed by atoms with Gasteiger partial charge in [-0.1, -0.05) is 126 Å². The van der Waals surface area contributed by atoms with E-state index in [1.54, 1.807) is 0 Å². The van der Waals surface area contributed by atoms with Crippen LogP contribution in [-0.2, 0) is 16.7 Å². The molecule has 1 atom stereocenters. The van der Waals surface area contributed by atoms with E-state index in [4.69, 9.17) is 4.74 Å². The van der Waals surface area contributed by atoms with Crippen LogP contribution in [-0.4, -0.2) is 8.97 Å². The van der Waals surface area contributed by atoms with Crippen LogP contribution < -0.4 is 13.9 Å². The molecule has 10 aromatic rings. The predicted octanol–water partition coefficient (Wildman–Crippen LogP) is 11.0. The van der Waals surface area contributed by atoms with E-state index in [9.17, 15) is 0 Å². The van der Waals surface area contributed by atoms with E-state index in [1.807, 2.05) is 0 Å². The van der Waals surface area contributed by atoms with Crippen molar-refractivity contribution in [1.29, 1.82) is 0 Å². The van der Waals surface area contributed by atoms with Gasteiger partial charge in [-0.15, -0.1) is 9.13 Å². The Balaban J connectivity index is 1.17. The molecule has 270 valence electrons. The molecule has 5 heteroatoms. The maximum atomic E-state index is 7.70. The second-order valence-corrected chi connectivity index (χ2v) is 18.1. The number of pyridine rings is 1. The van der Waals surface area contributed by atoms with Crippen molar-refractivity contribution in [2.75, 3.05) is 0 Å². The zero-order valence-corrected chi connectivity index (χ0v) is 32.5. The van der Waals surface area contributed by atoms with Crippen molar-refractivity contribution in [2.45, 2.75) is 51.3 Å². The van der Waals surface area contributed by atoms with Crippen LogP contribution in [0.15, 0.2) is 140 Å². The van der Waals surface area contributed by atoms with Gasteiger partial charge < -0.3 is 9.14 Å². The van der Waals surface area contributed by atoms with Gasteiger partial charge in [0.05, 0.1) is 22.0 Å². The van der Waals surface area contributed by atoms with Gasteiger partial charge in [-0.2, -0.15) is 4.57 Å². The Morgan fingerprint density at radius 3 is 2.21 bits per heavy atom. The Morgan fingerprint density at radius 1 is 0.632 bits per heavy atom. The molecule has 0 N–H and O–H groups in total. The van der Waals surface area contributed by atoms with Gasteiger partial charge in [0.15, 0.2) is 17.2 Å². The van der Waals surface area contributed by atoms with Gasteiger partial charge in [-0.05, 0) is 52.9 Å². The van der Waals surface area contributed by atoms with Crippen molar-refractivity contribution in [2.24, 2.45) is 0 Å². The average molecular weight is 735 g/mol. The minimum Gasteiger partial charge on any atom is -0.392 e. The van der Waals surface area contributed by atoms with Gasteiger partial charge in [-0.3, -0.25) is 0 Å². The van der Waals surface area contributed by atoms with Crippen LogP contribution in [0.5, 0.6) is 5.75 Å². The monoisotopic (exact) mass is 734 g/mol. The molecule has 3 aliphatic heterocycles. The van der Waals surface area contributed by atoms with Gasteiger partial charge in [0.1, 0.15) is 22.6 Å². The fraction of sp³-hybridized carbons (Fsp3) is 0.154. The van der Waals surface area contributed by atoms with Crippen LogP contribution >= 0.6 is 0 Å². The number of ether oxygens (including phenoxy) is 1. The molecule has 1 aliphatic carbocycles. The number of fused-ring (bicyclic) bond motifs is 13. The van der Waals surface area contributed by atoms with E-state index >= 15 is 0 Å². The van der Waals surface area contributed by atoms with Crippen molar-refractivity contribution in [1.82, 2.24) is 8.97 Å². The maximum Gasteiger partial charge on any atom is 0.499 e. The Morgan fingerprint density at radius 2 is 1.33 bits per heavy atom. The molecule has 0 fully saturated rings. The molecule has 57 heavy (non-hydrogen) atoms. The molecule has 0 saturated heterocycles. The molecule has 0 bridgehead atoms. The van der Waals surface area contributed by atoms with Gasteiger partial charge >= 0.3 is 11.7 Å². The summed E-state index contributed by atoms with van der Waals surface area (Å²) in [4.78, 5) is 0. The Kier molecular flexibility index (Phi) is 5.05. The lowest BCUT2D eigenvalue weighted by Gasteiger charge is -2.32. The molecule has 14 rings (SSSR count). The number of aromatic nitrogens is 4. The van der Waals surface area contributed by atoms with Crippen molar-refractivity contribution in [3.63, 3.8) is 0 Å². The number of nitrogens with zero attached hydrogens (tertiary/aromatic N) is 4. The minimum atomic E-state index is -1.00. The summed E-state index contributed by atoms with van der Waals surface area (Å²) in [5.74, 6) is 1.01. The lowest BCUT2D eigenvalue weighted by atomic mass is 9.85. The van der Waals surface area contributed by atoms with Gasteiger partial charge in [-0.25, -0.2) is 0 Å². The molecular formula is C52H38N4O+2. The van der Waals surface area contributed by atoms with Crippen LogP contribution in [0, 0.1) is 0 Å². The summed E-state index contributed by atoms with van der Waals surface area (Å²) >= 11 is 0. The third-order valence-electron chi connectivity index (χ3n) is 13.9. The molecule has 5 nitrogen and oxygen atoms in total. The maximum absolute atomic E-state index is 7.70. The molecule has 0 saturated carbocycles. The van der Waals surface area contributed by atoms with E-state index in [0.717, 1.165) is 22.8 Å². The van der Waals surface area contributed by atoms with Crippen molar-refractivity contribution in [3.8, 4) is 56.3 Å². The number of hydrogen-bond donors (Lipinski definition) is 0. The Hall–Kier alpha value is -6.72. The second kappa shape index (κ2) is 9.45. The first kappa shape index (κ1) is 30.5. The smallest absolute Gasteiger partial charge is 0.392 e. The average Bonchev–Trinajstić information content (AvgIpc) is 3.98. The molecule has 0 amide bonds. The van der Waals surface area contributed by atoms with E-state index < -0.39 is 5.85 Å². The number of rotatable bonds is 1. The SMILES string of the molecule is CC(C)(C)c1ccccc1-n1c2[n+]3c4c(cccc41)-c1cccc4c1C3(Oc1ccccc1-2)[n+]1cc2c3cccc5c6c(n(c2cc1-4)c53)C(C)(C)c1ccccc1-6. The van der Waals surface area contributed by atoms with Crippen LogP contribution in [0.25, 0.3) is 88.8 Å². The summed E-state index contributed by atoms with van der Waals surface area (Å²) in [5, 5.41) is 3.83. The highest BCUT2D eigenvalue weighted by atomic mass is 16.5. The van der Waals surface area contributed by atoms with Crippen LogP contribution in [0.1, 0.15) is 57.0 Å². The highest BCUT2D eigenvalue weighted by molar-refractivity contribution is 6.19. The Labute approximate surface area is 329 Å². The highest BCUT2D eigenvalue weighted by Crippen LogP contribution is 2.57. The fourth-order valence-corrected chi connectivity index (χ4v) is 11.7. The third-order valence-corrected chi connectivity index (χ3v) is 13.9. The summed E-state index contributed by atoms with van der Waals surface area (Å²) in [5.41, 5.74) is 19.8.